The van der Waals surface area contributed by atoms with Crippen LogP contribution in [-0.2, 0) is 6.16 Å². The summed E-state index contributed by atoms with van der Waals surface area (Å²) >= 11 is 0. The van der Waals surface area contributed by atoms with Gasteiger partial charge in [0.2, 0.25) is 0 Å². The van der Waals surface area contributed by atoms with Crippen molar-refractivity contribution in [3.8, 4) is 0 Å². The first-order valence-corrected chi connectivity index (χ1v) is 11.1. The fourth-order valence-electron chi connectivity index (χ4n) is 3.68. The van der Waals surface area contributed by atoms with Crippen LogP contribution in [0.15, 0.2) is 115 Å². The molecule has 0 N–H and O–H groups in total. The Balaban J connectivity index is 0.00000225. The van der Waals surface area contributed by atoms with Crippen LogP contribution in [0.4, 0.5) is 4.39 Å². The molecule has 4 aromatic rings. The molecule has 3 heteroatoms. The number of hydrogen-bond acceptors (Lipinski definition) is 0. The molecule has 0 aliphatic heterocycles. The van der Waals surface area contributed by atoms with Crippen LogP contribution in [-0.4, -0.2) is 0 Å². The van der Waals surface area contributed by atoms with Gasteiger partial charge in [-0.15, -0.1) is 0 Å². The van der Waals surface area contributed by atoms with Crippen molar-refractivity contribution < 1.29 is 16.8 Å². The molecule has 28 heavy (non-hydrogen) atoms. The monoisotopic (exact) mass is 406 g/mol. The average molecular weight is 407 g/mol. The molecule has 0 atom stereocenters. The third-order valence-corrected chi connectivity index (χ3v) is 9.28. The summed E-state index contributed by atoms with van der Waals surface area (Å²) in [6, 6.07) is 39.1. The van der Waals surface area contributed by atoms with Crippen LogP contribution in [0.3, 0.4) is 0 Å². The second kappa shape index (κ2) is 9.15. The molecule has 0 saturated heterocycles. The van der Waals surface area contributed by atoms with Crippen molar-refractivity contribution >= 4 is 23.2 Å². The number of benzene rings is 4. The molecule has 4 aromatic carbocycles. The van der Waals surface area contributed by atoms with Gasteiger partial charge in [0.05, 0.1) is 6.16 Å². The van der Waals surface area contributed by atoms with E-state index >= 15 is 0 Å². The van der Waals surface area contributed by atoms with Gasteiger partial charge in [-0.2, -0.15) is 0 Å². The Kier molecular flexibility index (Phi) is 6.62. The maximum absolute atomic E-state index is 14.0. The molecule has 0 heterocycles. The third-order valence-electron chi connectivity index (χ3n) is 4.90. The van der Waals surface area contributed by atoms with Crippen LogP contribution < -0.4 is 28.3 Å². The Hall–Kier alpha value is -2.47. The van der Waals surface area contributed by atoms with Gasteiger partial charge in [0.25, 0.3) is 0 Å². The van der Waals surface area contributed by atoms with Gasteiger partial charge in [0.1, 0.15) is 29.0 Å². The predicted octanol–water partition coefficient (Wildman–Crippen LogP) is 2.32. The van der Waals surface area contributed by atoms with Crippen molar-refractivity contribution in [2.45, 2.75) is 6.16 Å². The molecule has 0 unspecified atom stereocenters. The van der Waals surface area contributed by atoms with Crippen molar-refractivity contribution in [3.05, 3.63) is 127 Å². The van der Waals surface area contributed by atoms with E-state index in [-0.39, 0.29) is 18.2 Å². The second-order valence-electron chi connectivity index (χ2n) is 6.60. The summed E-state index contributed by atoms with van der Waals surface area (Å²) in [5.41, 5.74) is 1.03. The molecule has 0 aliphatic carbocycles. The number of halogens is 2. The smallest absolute Gasteiger partial charge is 0.123 e. The van der Waals surface area contributed by atoms with E-state index in [1.807, 2.05) is 6.07 Å². The topological polar surface area (TPSA) is 0 Å². The van der Waals surface area contributed by atoms with Crippen LogP contribution >= 0.6 is 7.26 Å². The SMILES string of the molecule is Fc1cccc(C[P+](c2ccccc2)(c2ccccc2)c2ccccc2)c1.[Cl-]. The fourth-order valence-corrected chi connectivity index (χ4v) is 7.91. The van der Waals surface area contributed by atoms with Crippen LogP contribution in [0.2, 0.25) is 0 Å². The van der Waals surface area contributed by atoms with Crippen LogP contribution in [0.5, 0.6) is 0 Å². The van der Waals surface area contributed by atoms with Gasteiger partial charge in [-0.25, -0.2) is 4.39 Å². The summed E-state index contributed by atoms with van der Waals surface area (Å²) in [4.78, 5) is 0. The first-order valence-electron chi connectivity index (χ1n) is 9.08. The Morgan fingerprint density at radius 2 is 0.964 bits per heavy atom. The standard InChI is InChI=1S/C25H21FP.ClH/c26-22-12-10-11-21(19-22)20-27(23-13-4-1-5-14-23,24-15-6-2-7-16-24)25-17-8-3-9-18-25;/h1-19H,20H2;1H/q+1;/p-1. The average Bonchev–Trinajstić information content (AvgIpc) is 2.74. The molecule has 140 valence electrons. The second-order valence-corrected chi connectivity index (χ2v) is 10.1. The van der Waals surface area contributed by atoms with Crippen LogP contribution in [0.1, 0.15) is 5.56 Å². The van der Waals surface area contributed by atoms with Gasteiger partial charge in [-0.1, -0.05) is 66.7 Å². The van der Waals surface area contributed by atoms with Crippen molar-refractivity contribution in [3.63, 3.8) is 0 Å². The summed E-state index contributed by atoms with van der Waals surface area (Å²) in [5.74, 6) is -0.181. The lowest BCUT2D eigenvalue weighted by Crippen LogP contribution is -3.00. The molecular weight excluding hydrogens is 386 g/mol. The summed E-state index contributed by atoms with van der Waals surface area (Å²) in [6.07, 6.45) is 0.794. The molecule has 0 fully saturated rings. The molecule has 0 amide bonds. The van der Waals surface area contributed by atoms with Gasteiger partial charge in [-0.3, -0.25) is 0 Å². The zero-order valence-corrected chi connectivity index (χ0v) is 17.0. The summed E-state index contributed by atoms with van der Waals surface area (Å²) in [6.45, 7) is 0. The molecule has 0 bridgehead atoms. The van der Waals surface area contributed by atoms with Gasteiger partial charge in [0.15, 0.2) is 0 Å². The maximum atomic E-state index is 14.0. The minimum Gasteiger partial charge on any atom is -1.00 e. The van der Waals surface area contributed by atoms with Crippen molar-refractivity contribution in [2.75, 3.05) is 0 Å². The minimum atomic E-state index is -1.96. The highest BCUT2D eigenvalue weighted by atomic mass is 35.5. The Morgan fingerprint density at radius 1 is 0.536 bits per heavy atom. The maximum Gasteiger partial charge on any atom is 0.123 e. The minimum absolute atomic E-state index is 0. The van der Waals surface area contributed by atoms with Gasteiger partial charge in [-0.05, 0) is 54.1 Å². The van der Waals surface area contributed by atoms with Gasteiger partial charge in [0, 0.05) is 0 Å². The van der Waals surface area contributed by atoms with E-state index in [2.05, 4.69) is 91.0 Å². The lowest BCUT2D eigenvalue weighted by molar-refractivity contribution is -0.00000587. The van der Waals surface area contributed by atoms with E-state index in [1.54, 1.807) is 12.1 Å². The molecule has 0 spiro atoms. The summed E-state index contributed by atoms with van der Waals surface area (Å²) in [5, 5.41) is 3.94. The zero-order valence-electron chi connectivity index (χ0n) is 15.4. The van der Waals surface area contributed by atoms with Crippen molar-refractivity contribution in [1.29, 1.82) is 0 Å². The highest BCUT2D eigenvalue weighted by molar-refractivity contribution is 7.95. The van der Waals surface area contributed by atoms with E-state index in [4.69, 9.17) is 0 Å². The lowest BCUT2D eigenvalue weighted by atomic mass is 10.2. The highest BCUT2D eigenvalue weighted by Crippen LogP contribution is 2.58. The zero-order chi connectivity index (χ0) is 18.5. The quantitative estimate of drug-likeness (QED) is 0.446. The first kappa shape index (κ1) is 20.3. The summed E-state index contributed by atoms with van der Waals surface area (Å²) < 4.78 is 14.0. The van der Waals surface area contributed by atoms with E-state index in [0.717, 1.165) is 11.7 Å². The molecule has 0 nitrogen and oxygen atoms in total. The molecule has 0 aromatic heterocycles. The Morgan fingerprint density at radius 3 is 1.36 bits per heavy atom. The number of hydrogen-bond donors (Lipinski definition) is 0. The molecule has 0 radical (unpaired) electrons. The third kappa shape index (κ3) is 4.02. The predicted molar refractivity (Wildman–Crippen MR) is 115 cm³/mol. The van der Waals surface area contributed by atoms with E-state index in [9.17, 15) is 4.39 Å². The van der Waals surface area contributed by atoms with E-state index < -0.39 is 7.26 Å². The molecular formula is C25H21ClFP. The molecule has 4 rings (SSSR count). The van der Waals surface area contributed by atoms with Crippen molar-refractivity contribution in [2.24, 2.45) is 0 Å². The number of rotatable bonds is 5. The normalized spacial score (nSPS) is 10.9. The van der Waals surface area contributed by atoms with E-state index in [1.165, 1.54) is 22.0 Å². The lowest BCUT2D eigenvalue weighted by Gasteiger charge is -2.27. The van der Waals surface area contributed by atoms with Crippen molar-refractivity contribution in [1.82, 2.24) is 0 Å². The van der Waals surface area contributed by atoms with Crippen LogP contribution in [0, 0.1) is 5.82 Å². The van der Waals surface area contributed by atoms with Crippen LogP contribution in [0.25, 0.3) is 0 Å². The van der Waals surface area contributed by atoms with E-state index in [0.29, 0.717) is 0 Å². The molecule has 0 aliphatic rings. The van der Waals surface area contributed by atoms with Gasteiger partial charge < -0.3 is 12.4 Å². The Labute approximate surface area is 172 Å². The first-order chi connectivity index (χ1) is 13.3. The Bertz CT molecular complexity index is 907. The largest absolute Gasteiger partial charge is 1.00 e. The van der Waals surface area contributed by atoms with Gasteiger partial charge >= 0.3 is 0 Å². The molecule has 0 saturated carbocycles. The fraction of sp³-hybridized carbons (Fsp3) is 0.0400. The highest BCUT2D eigenvalue weighted by Gasteiger charge is 2.45. The summed E-state index contributed by atoms with van der Waals surface area (Å²) in [7, 11) is -1.96.